The van der Waals surface area contributed by atoms with Crippen molar-refractivity contribution < 1.29 is 14.4 Å². The Morgan fingerprint density at radius 3 is 1.68 bits per heavy atom. The summed E-state index contributed by atoms with van der Waals surface area (Å²) in [4.78, 5) is 10.7. The molecule has 0 aromatic heterocycles. The van der Waals surface area contributed by atoms with Crippen LogP contribution in [0.2, 0.25) is 0 Å². The first-order valence-electron chi connectivity index (χ1n) is 10.6. The molecule has 0 unspecified atom stereocenters. The van der Waals surface area contributed by atoms with E-state index in [0.29, 0.717) is 4.48 Å². The van der Waals surface area contributed by atoms with E-state index in [2.05, 4.69) is 19.1 Å². The van der Waals surface area contributed by atoms with Crippen molar-refractivity contribution in [3.63, 3.8) is 0 Å². The van der Waals surface area contributed by atoms with Gasteiger partial charge in [0.25, 0.3) is 0 Å². The summed E-state index contributed by atoms with van der Waals surface area (Å²) in [7, 11) is 3.93. The highest BCUT2D eigenvalue weighted by molar-refractivity contribution is 5.65. The van der Waals surface area contributed by atoms with Gasteiger partial charge in [-0.1, -0.05) is 70.4 Å². The highest BCUT2D eigenvalue weighted by atomic mass is 16.4. The second-order valence-electron chi connectivity index (χ2n) is 8.13. The van der Waals surface area contributed by atoms with Gasteiger partial charge in [0.2, 0.25) is 0 Å². The maximum atomic E-state index is 10.7. The predicted octanol–water partition coefficient (Wildman–Crippen LogP) is 4.85. The zero-order valence-corrected chi connectivity index (χ0v) is 17.2. The molecule has 0 aliphatic rings. The minimum absolute atomic E-state index is 0.116. The first-order valence-corrected chi connectivity index (χ1v) is 10.6. The van der Waals surface area contributed by atoms with Gasteiger partial charge in [0.05, 0.1) is 26.6 Å². The predicted molar refractivity (Wildman–Crippen MR) is 106 cm³/mol. The summed E-state index contributed by atoms with van der Waals surface area (Å²) in [5.74, 6) is -0.949. The van der Waals surface area contributed by atoms with Crippen LogP contribution in [0.5, 0.6) is 0 Å². The number of hydrogen-bond acceptors (Lipinski definition) is 2. The van der Waals surface area contributed by atoms with E-state index in [1.165, 1.54) is 83.5 Å². The van der Waals surface area contributed by atoms with Gasteiger partial charge in [0, 0.05) is 0 Å². The van der Waals surface area contributed by atoms with Gasteiger partial charge in [0.1, 0.15) is 6.54 Å². The van der Waals surface area contributed by atoms with Crippen LogP contribution < -0.4 is 5.11 Å². The van der Waals surface area contributed by atoms with Crippen LogP contribution in [0.15, 0.2) is 12.2 Å². The van der Waals surface area contributed by atoms with Crippen molar-refractivity contribution in [2.24, 2.45) is 0 Å². The molecule has 0 amide bonds. The van der Waals surface area contributed by atoms with Gasteiger partial charge in [-0.25, -0.2) is 0 Å². The normalized spacial score (nSPS) is 12.1. The summed E-state index contributed by atoms with van der Waals surface area (Å²) in [5.41, 5.74) is 0. The van der Waals surface area contributed by atoms with E-state index in [-0.39, 0.29) is 6.54 Å². The average Bonchev–Trinajstić information content (AvgIpc) is 2.53. The van der Waals surface area contributed by atoms with Crippen molar-refractivity contribution in [1.29, 1.82) is 0 Å². The van der Waals surface area contributed by atoms with E-state index >= 15 is 0 Å². The number of aliphatic carboxylic acids is 1. The number of carbonyl (C=O) groups is 1. The molecule has 0 fully saturated rings. The van der Waals surface area contributed by atoms with E-state index in [1.54, 1.807) is 0 Å². The molecule has 0 N–H and O–H groups in total. The number of rotatable bonds is 18. The number of carbonyl (C=O) groups excluding carboxylic acids is 1. The number of nitrogens with zero attached hydrogens (tertiary/aromatic N) is 1. The highest BCUT2D eigenvalue weighted by Crippen LogP contribution is 2.11. The average molecular weight is 354 g/mol. The topological polar surface area (TPSA) is 40.1 Å². The fourth-order valence-corrected chi connectivity index (χ4v) is 3.22. The molecule has 25 heavy (non-hydrogen) atoms. The zero-order chi connectivity index (χ0) is 18.8. The molecule has 0 aromatic carbocycles. The van der Waals surface area contributed by atoms with Gasteiger partial charge in [-0.15, -0.1) is 0 Å². The summed E-state index contributed by atoms with van der Waals surface area (Å²) >= 11 is 0. The van der Waals surface area contributed by atoms with Gasteiger partial charge in [-0.2, -0.15) is 0 Å². The first kappa shape index (κ1) is 24.2. The Hall–Kier alpha value is -0.830. The van der Waals surface area contributed by atoms with Crippen molar-refractivity contribution in [3.8, 4) is 0 Å². The molecule has 0 radical (unpaired) electrons. The molecule has 148 valence electrons. The van der Waals surface area contributed by atoms with E-state index in [0.717, 1.165) is 13.0 Å². The van der Waals surface area contributed by atoms with Crippen LogP contribution in [0.25, 0.3) is 0 Å². The molecule has 3 heteroatoms. The Balaban J connectivity index is 3.28. The molecule has 0 heterocycles. The fraction of sp³-hybridized carbons (Fsp3) is 0.864. The third-order valence-electron chi connectivity index (χ3n) is 4.83. The third kappa shape index (κ3) is 19.3. The van der Waals surface area contributed by atoms with Crippen molar-refractivity contribution in [2.45, 2.75) is 96.8 Å². The Kier molecular flexibility index (Phi) is 16.1. The standard InChI is InChI=1S/C22H43NO2/c1-4-5-6-7-8-9-10-11-12-13-14-15-16-17-18-19-20-23(2,3)21-22(24)25/h11-12H,4-10,13-21H2,1-3H3/b12-11-. The quantitative estimate of drug-likeness (QED) is 0.201. The lowest BCUT2D eigenvalue weighted by Crippen LogP contribution is -2.48. The molecule has 0 rings (SSSR count). The number of quaternary nitrogens is 1. The van der Waals surface area contributed by atoms with Crippen LogP contribution in [-0.4, -0.2) is 37.6 Å². The Labute approximate surface area is 157 Å². The number of carboxylic acids is 1. The van der Waals surface area contributed by atoms with Crippen molar-refractivity contribution in [3.05, 3.63) is 12.2 Å². The molecule has 3 nitrogen and oxygen atoms in total. The molecule has 0 aliphatic heterocycles. The van der Waals surface area contributed by atoms with E-state index in [9.17, 15) is 9.90 Å². The van der Waals surface area contributed by atoms with Gasteiger partial charge in [0.15, 0.2) is 0 Å². The van der Waals surface area contributed by atoms with Gasteiger partial charge in [-0.3, -0.25) is 0 Å². The molecular formula is C22H43NO2. The van der Waals surface area contributed by atoms with Crippen molar-refractivity contribution in [1.82, 2.24) is 0 Å². The summed E-state index contributed by atoms with van der Waals surface area (Å²) in [6, 6.07) is 0. The van der Waals surface area contributed by atoms with Crippen LogP contribution >= 0.6 is 0 Å². The molecule has 0 aromatic rings. The second-order valence-corrected chi connectivity index (χ2v) is 8.13. The summed E-state index contributed by atoms with van der Waals surface area (Å²) in [6.07, 6.45) is 23.0. The minimum atomic E-state index is -0.949. The van der Waals surface area contributed by atoms with E-state index in [4.69, 9.17) is 0 Å². The number of carboxylic acid groups (broad SMARTS) is 1. The first-order chi connectivity index (χ1) is 12.0. The Bertz CT molecular complexity index is 337. The maximum absolute atomic E-state index is 10.7. The van der Waals surface area contributed by atoms with Crippen LogP contribution in [0.4, 0.5) is 0 Å². The van der Waals surface area contributed by atoms with E-state index in [1.807, 2.05) is 14.1 Å². The summed E-state index contributed by atoms with van der Waals surface area (Å²) < 4.78 is 0.533. The molecule has 0 spiro atoms. The lowest BCUT2D eigenvalue weighted by molar-refractivity contribution is -0.885. The summed E-state index contributed by atoms with van der Waals surface area (Å²) in [6.45, 7) is 3.31. The molecular weight excluding hydrogens is 310 g/mol. The van der Waals surface area contributed by atoms with Crippen molar-refractivity contribution in [2.75, 3.05) is 27.2 Å². The monoisotopic (exact) mass is 353 g/mol. The maximum Gasteiger partial charge on any atom is 0.119 e. The largest absolute Gasteiger partial charge is 0.544 e. The number of likely N-dealkylation sites (N-methyl/N-ethyl adjacent to an activating group) is 1. The number of hydrogen-bond donors (Lipinski definition) is 0. The molecule has 0 saturated carbocycles. The SMILES string of the molecule is CCCCCCCC/C=C\CCCCCCCC[N+](C)(C)CC(=O)[O-]. The summed E-state index contributed by atoms with van der Waals surface area (Å²) in [5, 5.41) is 10.7. The number of allylic oxidation sites excluding steroid dienone is 2. The molecule has 0 aliphatic carbocycles. The van der Waals surface area contributed by atoms with Gasteiger partial charge in [-0.05, 0) is 38.5 Å². The lowest BCUT2D eigenvalue weighted by atomic mass is 10.1. The fourth-order valence-electron chi connectivity index (χ4n) is 3.22. The minimum Gasteiger partial charge on any atom is -0.544 e. The molecule has 0 saturated heterocycles. The van der Waals surface area contributed by atoms with Crippen LogP contribution in [0.3, 0.4) is 0 Å². The molecule has 0 atom stereocenters. The lowest BCUT2D eigenvalue weighted by Gasteiger charge is -2.30. The second kappa shape index (κ2) is 16.6. The van der Waals surface area contributed by atoms with Crippen LogP contribution in [0, 0.1) is 0 Å². The Morgan fingerprint density at radius 2 is 1.20 bits per heavy atom. The van der Waals surface area contributed by atoms with Crippen LogP contribution in [-0.2, 0) is 4.79 Å². The highest BCUT2D eigenvalue weighted by Gasteiger charge is 2.14. The molecule has 0 bridgehead atoms. The van der Waals surface area contributed by atoms with Crippen molar-refractivity contribution >= 4 is 5.97 Å². The Morgan fingerprint density at radius 1 is 0.760 bits per heavy atom. The van der Waals surface area contributed by atoms with E-state index < -0.39 is 5.97 Å². The van der Waals surface area contributed by atoms with Gasteiger partial charge < -0.3 is 14.4 Å². The van der Waals surface area contributed by atoms with Gasteiger partial charge >= 0.3 is 0 Å². The zero-order valence-electron chi connectivity index (χ0n) is 17.2. The number of unbranched alkanes of at least 4 members (excludes halogenated alkanes) is 12. The smallest absolute Gasteiger partial charge is 0.119 e. The van der Waals surface area contributed by atoms with Crippen LogP contribution in [0.1, 0.15) is 96.8 Å². The third-order valence-corrected chi connectivity index (χ3v) is 4.83.